The van der Waals surface area contributed by atoms with Gasteiger partial charge in [-0.15, -0.1) is 0 Å². The van der Waals surface area contributed by atoms with E-state index in [1.165, 1.54) is 13.3 Å². The molecule has 0 atom stereocenters. The molecule has 0 aliphatic rings. The molecule has 146 valence electrons. The van der Waals surface area contributed by atoms with E-state index in [0.717, 1.165) is 24.0 Å². The Labute approximate surface area is 163 Å². The molecule has 0 fully saturated rings. The number of methoxy groups -OCH3 is 1. The number of para-hydroxylation sites is 1. The molecule has 0 heterocycles. The zero-order chi connectivity index (χ0) is 20.5. The van der Waals surface area contributed by atoms with E-state index in [2.05, 4.69) is 20.6 Å². The Balaban J connectivity index is 1.99. The molecule has 0 aromatic heterocycles. The second-order valence-corrected chi connectivity index (χ2v) is 5.93. The molecule has 2 aromatic carbocycles. The van der Waals surface area contributed by atoms with Gasteiger partial charge in [0, 0.05) is 5.69 Å². The summed E-state index contributed by atoms with van der Waals surface area (Å²) in [5.41, 5.74) is 5.87. The number of rotatable bonds is 6. The highest BCUT2D eigenvalue weighted by atomic mass is 16.5. The van der Waals surface area contributed by atoms with Gasteiger partial charge >= 0.3 is 17.8 Å². The number of nitrogens with zero attached hydrogens (tertiary/aromatic N) is 1. The first-order chi connectivity index (χ1) is 13.5. The van der Waals surface area contributed by atoms with E-state index in [4.69, 9.17) is 0 Å². The van der Waals surface area contributed by atoms with Gasteiger partial charge in [0.05, 0.1) is 18.9 Å². The lowest BCUT2D eigenvalue weighted by atomic mass is 10.0. The summed E-state index contributed by atoms with van der Waals surface area (Å²) in [6.45, 7) is 3.97. The van der Waals surface area contributed by atoms with E-state index in [9.17, 15) is 14.4 Å². The van der Waals surface area contributed by atoms with Gasteiger partial charge in [0.1, 0.15) is 0 Å². The molecule has 0 aliphatic heterocycles. The van der Waals surface area contributed by atoms with Crippen molar-refractivity contribution in [2.24, 2.45) is 5.10 Å². The van der Waals surface area contributed by atoms with Gasteiger partial charge in [-0.25, -0.2) is 10.2 Å². The summed E-state index contributed by atoms with van der Waals surface area (Å²) in [5, 5.41) is 6.46. The summed E-state index contributed by atoms with van der Waals surface area (Å²) in [6, 6.07) is 12.2. The number of hydrogen-bond donors (Lipinski definition) is 2. The summed E-state index contributed by atoms with van der Waals surface area (Å²) in [7, 11) is 1.31. The predicted molar refractivity (Wildman–Crippen MR) is 107 cm³/mol. The summed E-state index contributed by atoms with van der Waals surface area (Å²) in [4.78, 5) is 35.6. The molecule has 0 saturated heterocycles. The van der Waals surface area contributed by atoms with Crippen LogP contribution >= 0.6 is 0 Å². The van der Waals surface area contributed by atoms with E-state index in [-0.39, 0.29) is 0 Å². The Morgan fingerprint density at radius 3 is 2.11 bits per heavy atom. The monoisotopic (exact) mass is 381 g/mol. The Morgan fingerprint density at radius 2 is 1.57 bits per heavy atom. The van der Waals surface area contributed by atoms with Crippen LogP contribution in [0.5, 0.6) is 0 Å². The minimum Gasteiger partial charge on any atom is -0.465 e. The number of esters is 1. The number of aryl methyl sites for hydroxylation is 2. The van der Waals surface area contributed by atoms with Crippen molar-refractivity contribution >= 4 is 29.7 Å². The number of benzene rings is 2. The first kappa shape index (κ1) is 20.8. The van der Waals surface area contributed by atoms with Crippen molar-refractivity contribution in [1.29, 1.82) is 0 Å². The van der Waals surface area contributed by atoms with E-state index in [0.29, 0.717) is 16.8 Å². The van der Waals surface area contributed by atoms with Crippen molar-refractivity contribution in [1.82, 2.24) is 5.43 Å². The highest BCUT2D eigenvalue weighted by Crippen LogP contribution is 2.22. The van der Waals surface area contributed by atoms with Crippen molar-refractivity contribution < 1.29 is 19.1 Å². The quantitative estimate of drug-likeness (QED) is 0.348. The number of hydrazone groups is 1. The van der Waals surface area contributed by atoms with Crippen LogP contribution in [0.15, 0.2) is 47.6 Å². The van der Waals surface area contributed by atoms with Crippen LogP contribution in [0.3, 0.4) is 0 Å². The highest BCUT2D eigenvalue weighted by Gasteiger charge is 2.16. The van der Waals surface area contributed by atoms with Gasteiger partial charge in [0.15, 0.2) is 0 Å². The summed E-state index contributed by atoms with van der Waals surface area (Å²) in [6.07, 6.45) is 2.86. The molecule has 28 heavy (non-hydrogen) atoms. The Bertz CT molecular complexity index is 867. The molecule has 2 amide bonds. The maximum atomic E-state index is 12.2. The normalized spacial score (nSPS) is 10.5. The van der Waals surface area contributed by atoms with Crippen LogP contribution in [-0.4, -0.2) is 31.1 Å². The van der Waals surface area contributed by atoms with Gasteiger partial charge < -0.3 is 10.1 Å². The molecule has 0 unspecified atom stereocenters. The van der Waals surface area contributed by atoms with E-state index in [1.807, 2.05) is 32.0 Å². The fourth-order valence-electron chi connectivity index (χ4n) is 2.61. The van der Waals surface area contributed by atoms with Gasteiger partial charge in [-0.1, -0.05) is 44.2 Å². The second kappa shape index (κ2) is 10.0. The fourth-order valence-corrected chi connectivity index (χ4v) is 2.61. The molecule has 0 aliphatic carbocycles. The standard InChI is InChI=1S/C21H23N3O4/c1-4-15-7-6-8-16(5-2)18(15)23-19(25)20(26)24-22-13-14-9-11-17(12-10-14)21(27)28-3/h6-13H,4-5H2,1-3H3,(H,23,25)(H,24,26)/b22-13-. The Morgan fingerprint density at radius 1 is 0.964 bits per heavy atom. The molecule has 7 heteroatoms. The van der Waals surface area contributed by atoms with Crippen LogP contribution in [0.2, 0.25) is 0 Å². The predicted octanol–water partition coefficient (Wildman–Crippen LogP) is 2.69. The number of hydrogen-bond acceptors (Lipinski definition) is 5. The van der Waals surface area contributed by atoms with Crippen LogP contribution in [0, 0.1) is 0 Å². The lowest BCUT2D eigenvalue weighted by molar-refractivity contribution is -0.136. The van der Waals surface area contributed by atoms with Crippen LogP contribution in [0.25, 0.3) is 0 Å². The SMILES string of the molecule is CCc1cccc(CC)c1NC(=O)C(=O)N/N=C\c1ccc(C(=O)OC)cc1. The van der Waals surface area contributed by atoms with Crippen LogP contribution < -0.4 is 10.7 Å². The smallest absolute Gasteiger partial charge is 0.337 e. The van der Waals surface area contributed by atoms with E-state index >= 15 is 0 Å². The van der Waals surface area contributed by atoms with Gasteiger partial charge in [-0.2, -0.15) is 5.10 Å². The Kier molecular flexibility index (Phi) is 7.45. The number of carbonyl (C=O) groups excluding carboxylic acids is 3. The van der Waals surface area contributed by atoms with Gasteiger partial charge in [0.2, 0.25) is 0 Å². The average molecular weight is 381 g/mol. The van der Waals surface area contributed by atoms with Crippen LogP contribution in [0.1, 0.15) is 40.9 Å². The van der Waals surface area contributed by atoms with Crippen molar-refractivity contribution in [2.45, 2.75) is 26.7 Å². The maximum absolute atomic E-state index is 12.2. The molecule has 0 saturated carbocycles. The van der Waals surface area contributed by atoms with Crippen LogP contribution in [0.4, 0.5) is 5.69 Å². The van der Waals surface area contributed by atoms with Crippen molar-refractivity contribution in [3.63, 3.8) is 0 Å². The molecule has 2 rings (SSSR count). The number of ether oxygens (including phenoxy) is 1. The van der Waals surface area contributed by atoms with Crippen molar-refractivity contribution in [2.75, 3.05) is 12.4 Å². The lowest BCUT2D eigenvalue weighted by Crippen LogP contribution is -2.33. The van der Waals surface area contributed by atoms with Gasteiger partial charge in [-0.05, 0) is 41.7 Å². The summed E-state index contributed by atoms with van der Waals surface area (Å²) < 4.78 is 4.62. The van der Waals surface area contributed by atoms with E-state index in [1.54, 1.807) is 24.3 Å². The largest absolute Gasteiger partial charge is 0.465 e. The third kappa shape index (κ3) is 5.26. The third-order valence-corrected chi connectivity index (χ3v) is 4.16. The molecular formula is C21H23N3O4. The molecular weight excluding hydrogens is 358 g/mol. The zero-order valence-corrected chi connectivity index (χ0v) is 16.1. The fraction of sp³-hybridized carbons (Fsp3) is 0.238. The third-order valence-electron chi connectivity index (χ3n) is 4.16. The van der Waals surface area contributed by atoms with Crippen molar-refractivity contribution in [3.05, 3.63) is 64.7 Å². The minimum absolute atomic E-state index is 0.407. The summed E-state index contributed by atoms with van der Waals surface area (Å²) in [5.74, 6) is -2.09. The zero-order valence-electron chi connectivity index (χ0n) is 16.1. The van der Waals surface area contributed by atoms with Gasteiger partial charge in [0.25, 0.3) is 0 Å². The molecule has 0 spiro atoms. The topological polar surface area (TPSA) is 96.9 Å². The average Bonchev–Trinajstić information content (AvgIpc) is 2.73. The maximum Gasteiger partial charge on any atom is 0.337 e. The number of nitrogens with one attached hydrogen (secondary N) is 2. The molecule has 2 N–H and O–H groups in total. The summed E-state index contributed by atoms with van der Waals surface area (Å²) >= 11 is 0. The molecule has 0 radical (unpaired) electrons. The minimum atomic E-state index is -0.865. The molecule has 0 bridgehead atoms. The number of carbonyl (C=O) groups is 3. The van der Waals surface area contributed by atoms with Crippen LogP contribution in [-0.2, 0) is 27.2 Å². The molecule has 7 nitrogen and oxygen atoms in total. The number of anilines is 1. The second-order valence-electron chi connectivity index (χ2n) is 5.93. The highest BCUT2D eigenvalue weighted by molar-refractivity contribution is 6.39. The lowest BCUT2D eigenvalue weighted by Gasteiger charge is -2.13. The number of amides is 2. The Hall–Kier alpha value is -3.48. The van der Waals surface area contributed by atoms with Crippen molar-refractivity contribution in [3.8, 4) is 0 Å². The first-order valence-electron chi connectivity index (χ1n) is 8.93. The van der Waals surface area contributed by atoms with Gasteiger partial charge in [-0.3, -0.25) is 9.59 Å². The first-order valence-corrected chi connectivity index (χ1v) is 8.93. The molecule has 2 aromatic rings. The van der Waals surface area contributed by atoms with E-state index < -0.39 is 17.8 Å².